The maximum absolute atomic E-state index is 13.5. The van der Waals surface area contributed by atoms with E-state index in [0.717, 1.165) is 4.90 Å². The molecule has 1 fully saturated rings. The summed E-state index contributed by atoms with van der Waals surface area (Å²) in [4.78, 5) is 89.0. The molecule has 2 rings (SSSR count). The quantitative estimate of drug-likeness (QED) is 0.0506. The van der Waals surface area contributed by atoms with Crippen molar-refractivity contribution in [1.29, 1.82) is 0 Å². The first-order valence-electron chi connectivity index (χ1n) is 16.7. The molecule has 1 saturated heterocycles. The van der Waals surface area contributed by atoms with Gasteiger partial charge in [0, 0.05) is 31.1 Å². The van der Waals surface area contributed by atoms with Gasteiger partial charge in [0.25, 0.3) is 10.1 Å². The van der Waals surface area contributed by atoms with Crippen LogP contribution in [0.4, 0.5) is 10.5 Å². The number of carbonyl (C=O) groups is 7. The van der Waals surface area contributed by atoms with Crippen LogP contribution in [0.15, 0.2) is 24.3 Å². The van der Waals surface area contributed by atoms with Crippen molar-refractivity contribution in [3.05, 3.63) is 29.8 Å². The molecule has 0 spiro atoms. The number of anilines is 1. The number of urea groups is 1. The number of esters is 1. The van der Waals surface area contributed by atoms with E-state index >= 15 is 0 Å². The molecule has 0 aromatic heterocycles. The van der Waals surface area contributed by atoms with Gasteiger partial charge < -0.3 is 31.7 Å². The monoisotopic (exact) mass is 738 g/mol. The summed E-state index contributed by atoms with van der Waals surface area (Å²) in [5, 5.41) is 7.87. The van der Waals surface area contributed by atoms with Crippen LogP contribution >= 0.6 is 0 Å². The zero-order valence-electron chi connectivity index (χ0n) is 29.8. The molecule has 51 heavy (non-hydrogen) atoms. The molecule has 1 heterocycles. The number of nitrogens with two attached hydrogens (primary N) is 1. The number of benzene rings is 1. The number of likely N-dealkylation sites (tertiary alicyclic amines) is 1. The van der Waals surface area contributed by atoms with Crippen molar-refractivity contribution in [2.75, 3.05) is 18.4 Å². The minimum atomic E-state index is -5.05. The molecule has 4 atom stereocenters. The number of rotatable bonds is 19. The summed E-state index contributed by atoms with van der Waals surface area (Å²) in [6.45, 7) is 9.75. The number of primary amides is 1. The lowest BCUT2D eigenvalue weighted by Gasteiger charge is -2.27. The molecule has 1 unspecified atom stereocenters. The van der Waals surface area contributed by atoms with Crippen LogP contribution in [0, 0.1) is 23.7 Å². The van der Waals surface area contributed by atoms with Gasteiger partial charge in [-0.1, -0.05) is 53.7 Å². The zero-order valence-corrected chi connectivity index (χ0v) is 30.6. The second-order valence-electron chi connectivity index (χ2n) is 13.4. The number of nitrogens with zero attached hydrogens (tertiary/aromatic N) is 1. The molecule has 284 valence electrons. The van der Waals surface area contributed by atoms with Gasteiger partial charge in [0.2, 0.25) is 29.5 Å². The Morgan fingerprint density at radius 3 is 2.08 bits per heavy atom. The standard InChI is InChI=1S/C33H50N6O11S/c1-18(2)23-16-26(40)39(31(23)44)15-13-25(51(47,48)49)29(42)38-27(19(3)4)30(43)37-24(8-7-14-35-33(34)46)28(41)36-22-11-9-21(10-12-22)17-50-32(45)20(5)6/h9-12,18-20,23-25,27H,7-8,13-17H2,1-6H3,(H,36,41)(H,37,43)(H,38,42)(H3,34,35,46)(H,47,48,49)/t23?,24-,25-,27-/m0/s1. The normalized spacial score (nSPS) is 16.5. The molecule has 1 aliphatic rings. The number of carbonyl (C=O) groups excluding carboxylic acids is 7. The molecular weight excluding hydrogens is 688 g/mol. The first kappa shape index (κ1) is 42.6. The zero-order chi connectivity index (χ0) is 38.6. The Balaban J connectivity index is 2.18. The average Bonchev–Trinajstić information content (AvgIpc) is 3.32. The van der Waals surface area contributed by atoms with E-state index in [4.69, 9.17) is 10.5 Å². The van der Waals surface area contributed by atoms with Crippen molar-refractivity contribution in [2.24, 2.45) is 29.4 Å². The van der Waals surface area contributed by atoms with Crippen LogP contribution in [0.25, 0.3) is 0 Å². The maximum atomic E-state index is 13.5. The summed E-state index contributed by atoms with van der Waals surface area (Å²) < 4.78 is 39.7. The average molecular weight is 739 g/mol. The number of hydrogen-bond acceptors (Lipinski definition) is 10. The molecule has 7 amide bonds. The number of amides is 7. The lowest BCUT2D eigenvalue weighted by molar-refractivity contribution is -0.148. The second kappa shape index (κ2) is 19.1. The van der Waals surface area contributed by atoms with E-state index in [1.54, 1.807) is 65.8 Å². The molecule has 7 N–H and O–H groups in total. The fourth-order valence-electron chi connectivity index (χ4n) is 5.19. The third-order valence-corrected chi connectivity index (χ3v) is 9.44. The summed E-state index contributed by atoms with van der Waals surface area (Å²) in [7, 11) is -5.05. The smallest absolute Gasteiger partial charge is 0.312 e. The molecule has 1 aliphatic heterocycles. The lowest BCUT2D eigenvalue weighted by Crippen LogP contribution is -2.56. The summed E-state index contributed by atoms with van der Waals surface area (Å²) in [5.41, 5.74) is 6.14. The second-order valence-corrected chi connectivity index (χ2v) is 15.0. The fraction of sp³-hybridized carbons (Fsp3) is 0.606. The summed E-state index contributed by atoms with van der Waals surface area (Å²) in [6, 6.07) is 3.06. The topological polar surface area (TPSA) is 260 Å². The molecule has 0 aliphatic carbocycles. The van der Waals surface area contributed by atoms with Gasteiger partial charge >= 0.3 is 12.0 Å². The van der Waals surface area contributed by atoms with Crippen LogP contribution in [0.1, 0.15) is 72.8 Å². The van der Waals surface area contributed by atoms with Crippen molar-refractivity contribution in [3.8, 4) is 0 Å². The van der Waals surface area contributed by atoms with Gasteiger partial charge in [-0.05, 0) is 48.8 Å². The Morgan fingerprint density at radius 2 is 1.57 bits per heavy atom. The van der Waals surface area contributed by atoms with Gasteiger partial charge in [-0.25, -0.2) is 4.79 Å². The first-order chi connectivity index (χ1) is 23.7. The highest BCUT2D eigenvalue weighted by Crippen LogP contribution is 2.27. The van der Waals surface area contributed by atoms with Crippen molar-refractivity contribution < 1.29 is 51.3 Å². The van der Waals surface area contributed by atoms with Crippen LogP contribution in [-0.4, -0.2) is 89.8 Å². The molecule has 1 aromatic rings. The summed E-state index contributed by atoms with van der Waals surface area (Å²) in [6.07, 6.45) is -0.446. The Bertz CT molecular complexity index is 1550. The minimum absolute atomic E-state index is 0.0166. The van der Waals surface area contributed by atoms with E-state index < -0.39 is 87.8 Å². The molecule has 0 saturated carbocycles. The molecule has 1 aromatic carbocycles. The van der Waals surface area contributed by atoms with Crippen LogP contribution in [0.5, 0.6) is 0 Å². The predicted molar refractivity (Wildman–Crippen MR) is 185 cm³/mol. The molecular formula is C33H50N6O11S. The lowest BCUT2D eigenvalue weighted by atomic mass is 9.94. The number of hydrogen-bond donors (Lipinski definition) is 6. The van der Waals surface area contributed by atoms with Crippen molar-refractivity contribution in [1.82, 2.24) is 20.9 Å². The third-order valence-electron chi connectivity index (χ3n) is 8.27. The van der Waals surface area contributed by atoms with Crippen molar-refractivity contribution in [2.45, 2.75) is 91.2 Å². The Hall–Kier alpha value is -4.58. The third kappa shape index (κ3) is 13.2. The largest absolute Gasteiger partial charge is 0.461 e. The Morgan fingerprint density at radius 1 is 0.941 bits per heavy atom. The Kier molecular flexibility index (Phi) is 16.0. The van der Waals surface area contributed by atoms with Crippen molar-refractivity contribution >= 4 is 57.3 Å². The molecule has 17 nitrogen and oxygen atoms in total. The molecule has 18 heteroatoms. The fourth-order valence-corrected chi connectivity index (χ4v) is 5.93. The van der Waals surface area contributed by atoms with Crippen LogP contribution in [-0.2, 0) is 50.2 Å². The SMILES string of the molecule is CC(C)C(=O)OCc1ccc(NC(=O)[C@H](CCCNC(N)=O)NC(=O)[C@@H](NC(=O)[C@H](CCN2C(=O)CC(C(C)C)C2=O)S(=O)(=O)O)C(C)C)cc1. The highest BCUT2D eigenvalue weighted by Gasteiger charge is 2.42. The Labute approximate surface area is 297 Å². The number of imide groups is 1. The number of nitrogens with one attached hydrogen (secondary N) is 4. The van der Waals surface area contributed by atoms with Crippen LogP contribution in [0.2, 0.25) is 0 Å². The highest BCUT2D eigenvalue weighted by molar-refractivity contribution is 7.87. The van der Waals surface area contributed by atoms with E-state index in [0.29, 0.717) is 11.3 Å². The van der Waals surface area contributed by atoms with E-state index in [9.17, 15) is 46.5 Å². The van der Waals surface area contributed by atoms with Crippen LogP contribution < -0.4 is 27.0 Å². The van der Waals surface area contributed by atoms with Gasteiger partial charge in [-0.3, -0.25) is 38.2 Å². The van der Waals surface area contributed by atoms with Gasteiger partial charge in [-0.15, -0.1) is 0 Å². The molecule has 0 bridgehead atoms. The maximum Gasteiger partial charge on any atom is 0.312 e. The molecule has 0 radical (unpaired) electrons. The van der Waals surface area contributed by atoms with Gasteiger partial charge in [-0.2, -0.15) is 8.42 Å². The minimum Gasteiger partial charge on any atom is -0.461 e. The van der Waals surface area contributed by atoms with E-state index in [2.05, 4.69) is 21.3 Å². The van der Waals surface area contributed by atoms with Gasteiger partial charge in [0.15, 0.2) is 5.25 Å². The summed E-state index contributed by atoms with van der Waals surface area (Å²) >= 11 is 0. The van der Waals surface area contributed by atoms with Crippen molar-refractivity contribution in [3.63, 3.8) is 0 Å². The van der Waals surface area contributed by atoms with E-state index in [1.807, 2.05) is 0 Å². The van der Waals surface area contributed by atoms with Gasteiger partial charge in [0.05, 0.1) is 5.92 Å². The first-order valence-corrected chi connectivity index (χ1v) is 18.2. The van der Waals surface area contributed by atoms with Crippen LogP contribution in [0.3, 0.4) is 0 Å². The summed E-state index contributed by atoms with van der Waals surface area (Å²) in [5.74, 6) is -5.77. The van der Waals surface area contributed by atoms with E-state index in [1.165, 1.54) is 0 Å². The highest BCUT2D eigenvalue weighted by atomic mass is 32.2. The van der Waals surface area contributed by atoms with Gasteiger partial charge in [0.1, 0.15) is 18.7 Å². The van der Waals surface area contributed by atoms with E-state index in [-0.39, 0.29) is 50.2 Å². The predicted octanol–water partition coefficient (Wildman–Crippen LogP) is 1.08. The number of ether oxygens (including phenoxy) is 1.